The molecule has 0 saturated carbocycles. The molecule has 0 rings (SSSR count). The van der Waals surface area contributed by atoms with Gasteiger partial charge in [0.2, 0.25) is 0 Å². The van der Waals surface area contributed by atoms with Crippen LogP contribution in [-0.2, 0) is 28.8 Å². The summed E-state index contributed by atoms with van der Waals surface area (Å²) < 4.78 is 0. The standard InChI is InChI=1S/C5H8O2.2C4H6O3/c1-4(6)3-5(2)7;2*1-3(5)2-4(6)7/h3H2,1-2H3;2*2H2,1H3,(H,6,7). The minimum Gasteiger partial charge on any atom is -0.481 e. The number of rotatable bonds is 6. The van der Waals surface area contributed by atoms with Gasteiger partial charge in [-0.1, -0.05) is 0 Å². The number of Topliss-reactive ketones (excluding diaryl/α,β-unsaturated/α-hetero) is 4. The van der Waals surface area contributed by atoms with Crippen molar-refractivity contribution in [3.63, 3.8) is 0 Å². The van der Waals surface area contributed by atoms with E-state index < -0.39 is 11.9 Å². The van der Waals surface area contributed by atoms with E-state index in [0.717, 1.165) is 0 Å². The second-order valence-electron chi connectivity index (χ2n) is 4.13. The Morgan fingerprint density at radius 2 is 0.714 bits per heavy atom. The van der Waals surface area contributed by atoms with Gasteiger partial charge in [-0.3, -0.25) is 28.8 Å². The van der Waals surface area contributed by atoms with E-state index in [-0.39, 0.29) is 42.4 Å². The van der Waals surface area contributed by atoms with Gasteiger partial charge in [-0.2, -0.15) is 0 Å². The quantitative estimate of drug-likeness (QED) is 0.681. The summed E-state index contributed by atoms with van der Waals surface area (Å²) in [6.45, 7) is 5.30. The Hall–Kier alpha value is -2.38. The Labute approximate surface area is 122 Å². The van der Waals surface area contributed by atoms with Crippen LogP contribution < -0.4 is 0 Å². The largest absolute Gasteiger partial charge is 0.481 e. The van der Waals surface area contributed by atoms with Gasteiger partial charge in [0.25, 0.3) is 0 Å². The van der Waals surface area contributed by atoms with Crippen LogP contribution in [0.5, 0.6) is 0 Å². The summed E-state index contributed by atoms with van der Waals surface area (Å²) in [6, 6.07) is 0. The van der Waals surface area contributed by atoms with Gasteiger partial charge in [-0.05, 0) is 27.7 Å². The minimum absolute atomic E-state index is 0.0625. The first-order valence-electron chi connectivity index (χ1n) is 5.79. The molecule has 120 valence electrons. The lowest BCUT2D eigenvalue weighted by Gasteiger charge is -1.81. The summed E-state index contributed by atoms with van der Waals surface area (Å²) in [6.07, 6.45) is -0.639. The SMILES string of the molecule is CC(=O)CC(=O)O.CC(=O)CC(=O)O.CC(=O)CC(C)=O. The molecule has 0 amide bonds. The van der Waals surface area contributed by atoms with Crippen molar-refractivity contribution in [2.75, 3.05) is 0 Å². The molecule has 0 atom stereocenters. The number of carboxylic acids is 2. The van der Waals surface area contributed by atoms with Gasteiger partial charge in [-0.15, -0.1) is 0 Å². The molecule has 0 aliphatic rings. The highest BCUT2D eigenvalue weighted by Gasteiger charge is 1.98. The predicted octanol–water partition coefficient (Wildman–Crippen LogP) is 0.655. The van der Waals surface area contributed by atoms with E-state index in [9.17, 15) is 28.8 Å². The average molecular weight is 304 g/mol. The molecule has 8 nitrogen and oxygen atoms in total. The Kier molecular flexibility index (Phi) is 15.8. The zero-order chi connectivity index (χ0) is 17.6. The van der Waals surface area contributed by atoms with Gasteiger partial charge in [0.05, 0.1) is 6.42 Å². The first-order valence-corrected chi connectivity index (χ1v) is 5.79. The van der Waals surface area contributed by atoms with Crippen LogP contribution in [0.2, 0.25) is 0 Å². The molecule has 0 heterocycles. The highest BCUT2D eigenvalue weighted by Crippen LogP contribution is 1.80. The third kappa shape index (κ3) is 46.5. The molecule has 0 aliphatic heterocycles. The van der Waals surface area contributed by atoms with E-state index >= 15 is 0 Å². The van der Waals surface area contributed by atoms with E-state index in [2.05, 4.69) is 0 Å². The van der Waals surface area contributed by atoms with Crippen molar-refractivity contribution in [3.8, 4) is 0 Å². The van der Waals surface area contributed by atoms with Gasteiger partial charge in [0, 0.05) is 0 Å². The second kappa shape index (κ2) is 14.0. The summed E-state index contributed by atoms with van der Waals surface area (Å²) in [5.74, 6) is -2.87. The Bertz CT molecular complexity index is 311. The highest BCUT2D eigenvalue weighted by molar-refractivity contribution is 5.96. The fourth-order valence-corrected chi connectivity index (χ4v) is 0.777. The van der Waals surface area contributed by atoms with Crippen molar-refractivity contribution < 1.29 is 39.0 Å². The summed E-state index contributed by atoms with van der Waals surface area (Å²) in [7, 11) is 0. The van der Waals surface area contributed by atoms with Gasteiger partial charge >= 0.3 is 11.9 Å². The third-order valence-corrected chi connectivity index (χ3v) is 1.30. The zero-order valence-corrected chi connectivity index (χ0v) is 12.5. The average Bonchev–Trinajstić information content (AvgIpc) is 2.10. The summed E-state index contributed by atoms with van der Waals surface area (Å²) in [5.41, 5.74) is 0. The molecule has 0 unspecified atom stereocenters. The molecule has 0 aliphatic carbocycles. The van der Waals surface area contributed by atoms with Crippen LogP contribution in [0.15, 0.2) is 0 Å². The van der Waals surface area contributed by atoms with Gasteiger partial charge in [0.1, 0.15) is 36.0 Å². The Morgan fingerprint density at radius 1 is 0.524 bits per heavy atom. The summed E-state index contributed by atoms with van der Waals surface area (Å²) >= 11 is 0. The fraction of sp³-hybridized carbons (Fsp3) is 0.538. The minimum atomic E-state index is -1.06. The topological polar surface area (TPSA) is 143 Å². The first-order chi connectivity index (χ1) is 9.38. The van der Waals surface area contributed by atoms with Crippen LogP contribution in [0.25, 0.3) is 0 Å². The van der Waals surface area contributed by atoms with Crippen LogP contribution in [0.4, 0.5) is 0 Å². The van der Waals surface area contributed by atoms with Gasteiger partial charge in [-0.25, -0.2) is 0 Å². The molecule has 2 N–H and O–H groups in total. The van der Waals surface area contributed by atoms with Crippen molar-refractivity contribution in [3.05, 3.63) is 0 Å². The maximum atomic E-state index is 10.0. The van der Waals surface area contributed by atoms with Crippen LogP contribution >= 0.6 is 0 Å². The molecule has 0 bridgehead atoms. The number of ketones is 4. The molecule has 0 aromatic rings. The van der Waals surface area contributed by atoms with Crippen molar-refractivity contribution in [2.24, 2.45) is 0 Å². The Morgan fingerprint density at radius 3 is 0.714 bits per heavy atom. The smallest absolute Gasteiger partial charge is 0.310 e. The van der Waals surface area contributed by atoms with Crippen LogP contribution in [0.3, 0.4) is 0 Å². The lowest BCUT2D eigenvalue weighted by molar-refractivity contribution is -0.141. The van der Waals surface area contributed by atoms with E-state index in [1.54, 1.807) is 0 Å². The lowest BCUT2D eigenvalue weighted by atomic mass is 10.2. The van der Waals surface area contributed by atoms with E-state index in [1.807, 2.05) is 0 Å². The zero-order valence-electron chi connectivity index (χ0n) is 12.5. The summed E-state index contributed by atoms with van der Waals surface area (Å²) in [5, 5.41) is 15.7. The molecular formula is C13H20O8. The number of carboxylic acid groups (broad SMARTS) is 2. The van der Waals surface area contributed by atoms with E-state index in [4.69, 9.17) is 10.2 Å². The number of carbonyl (C=O) groups is 6. The van der Waals surface area contributed by atoms with Crippen LogP contribution in [-0.4, -0.2) is 45.3 Å². The lowest BCUT2D eigenvalue weighted by Crippen LogP contribution is -2.00. The number of carbonyl (C=O) groups excluding carboxylic acids is 4. The Balaban J connectivity index is -0.000000231. The van der Waals surface area contributed by atoms with E-state index in [0.29, 0.717) is 0 Å². The number of aliphatic carboxylic acids is 2. The van der Waals surface area contributed by atoms with Crippen molar-refractivity contribution in [1.82, 2.24) is 0 Å². The van der Waals surface area contributed by atoms with Gasteiger partial charge < -0.3 is 10.2 Å². The van der Waals surface area contributed by atoms with Crippen LogP contribution in [0.1, 0.15) is 47.0 Å². The van der Waals surface area contributed by atoms with Crippen molar-refractivity contribution in [2.45, 2.75) is 47.0 Å². The normalized spacial score (nSPS) is 8.19. The third-order valence-electron chi connectivity index (χ3n) is 1.30. The molecule has 0 aromatic carbocycles. The molecule has 8 heteroatoms. The maximum absolute atomic E-state index is 10.0. The molecule has 0 spiro atoms. The second-order valence-corrected chi connectivity index (χ2v) is 4.13. The van der Waals surface area contributed by atoms with Crippen molar-refractivity contribution in [1.29, 1.82) is 0 Å². The van der Waals surface area contributed by atoms with E-state index in [1.165, 1.54) is 27.7 Å². The number of hydrogen-bond donors (Lipinski definition) is 2. The molecule has 0 saturated heterocycles. The monoisotopic (exact) mass is 304 g/mol. The molecule has 0 fully saturated rings. The molecular weight excluding hydrogens is 284 g/mol. The molecule has 21 heavy (non-hydrogen) atoms. The molecule has 0 aromatic heterocycles. The highest BCUT2D eigenvalue weighted by atomic mass is 16.4. The van der Waals surface area contributed by atoms with Gasteiger partial charge in [0.15, 0.2) is 0 Å². The maximum Gasteiger partial charge on any atom is 0.310 e. The fourth-order valence-electron chi connectivity index (χ4n) is 0.777. The first kappa shape index (κ1) is 23.7. The van der Waals surface area contributed by atoms with Crippen LogP contribution in [0, 0.1) is 0 Å². The molecule has 0 radical (unpaired) electrons. The predicted molar refractivity (Wildman–Crippen MR) is 71.8 cm³/mol. The number of hydrogen-bond acceptors (Lipinski definition) is 6. The van der Waals surface area contributed by atoms with Crippen molar-refractivity contribution >= 4 is 35.1 Å². The summed E-state index contributed by atoms with van der Waals surface area (Å²) in [4.78, 5) is 59.0.